The van der Waals surface area contributed by atoms with Crippen LogP contribution in [-0.4, -0.2) is 15.0 Å². The van der Waals surface area contributed by atoms with E-state index in [2.05, 4.69) is 107 Å². The highest BCUT2D eigenvalue weighted by molar-refractivity contribution is 5.79. The van der Waals surface area contributed by atoms with Crippen molar-refractivity contribution >= 4 is 11.1 Å². The summed E-state index contributed by atoms with van der Waals surface area (Å²) in [6.07, 6.45) is 16.9. The minimum atomic E-state index is 0.518. The maximum atomic E-state index is 4.88. The second-order valence-corrected chi connectivity index (χ2v) is 11.3. The summed E-state index contributed by atoms with van der Waals surface area (Å²) in [4.78, 5) is 14.5. The summed E-state index contributed by atoms with van der Waals surface area (Å²) in [5, 5.41) is 0. The molecule has 5 aromatic rings. The predicted octanol–water partition coefficient (Wildman–Crippen LogP) is 12.1. The topological polar surface area (TPSA) is 38.7 Å². The van der Waals surface area contributed by atoms with Crippen molar-refractivity contribution in [1.29, 1.82) is 0 Å². The fourth-order valence-corrected chi connectivity index (χ4v) is 5.18. The van der Waals surface area contributed by atoms with Gasteiger partial charge in [0.1, 0.15) is 0 Å². The molecular weight excluding hydrogens is 595 g/mol. The Balaban J connectivity index is 1.48. The predicted molar refractivity (Wildman–Crippen MR) is 210 cm³/mol. The van der Waals surface area contributed by atoms with Gasteiger partial charge < -0.3 is 0 Å². The third-order valence-corrected chi connectivity index (χ3v) is 7.89. The van der Waals surface area contributed by atoms with Gasteiger partial charge in [0.05, 0.1) is 0 Å². The summed E-state index contributed by atoms with van der Waals surface area (Å²) in [7, 11) is 0. The summed E-state index contributed by atoms with van der Waals surface area (Å²) >= 11 is 0. The first-order valence-corrected chi connectivity index (χ1v) is 16.0. The van der Waals surface area contributed by atoms with Crippen LogP contribution in [0, 0.1) is 0 Å². The highest BCUT2D eigenvalue weighted by atomic mass is 15.0. The van der Waals surface area contributed by atoms with Crippen LogP contribution in [0.4, 0.5) is 0 Å². The minimum Gasteiger partial charge on any atom is -0.208 e. The maximum Gasteiger partial charge on any atom is 0.164 e. The third-order valence-electron chi connectivity index (χ3n) is 7.89. The van der Waals surface area contributed by atoms with Crippen molar-refractivity contribution in [2.24, 2.45) is 0 Å². The normalized spacial score (nSPS) is 11.9. The zero-order chi connectivity index (χ0) is 34.6. The molecule has 0 aliphatic rings. The van der Waals surface area contributed by atoms with Crippen molar-refractivity contribution < 1.29 is 0 Å². The Morgan fingerprint density at radius 3 is 1.71 bits per heavy atom. The smallest absolute Gasteiger partial charge is 0.164 e. The van der Waals surface area contributed by atoms with Crippen LogP contribution in [0.25, 0.3) is 56.2 Å². The Morgan fingerprint density at radius 1 is 0.551 bits per heavy atom. The Kier molecular flexibility index (Phi) is 11.3. The number of nitrogens with zero attached hydrogens (tertiary/aromatic N) is 3. The molecule has 0 atom stereocenters. The third kappa shape index (κ3) is 8.68. The molecule has 49 heavy (non-hydrogen) atoms. The lowest BCUT2D eigenvalue weighted by molar-refractivity contribution is 1.04. The average Bonchev–Trinajstić information content (AvgIpc) is 3.16. The van der Waals surface area contributed by atoms with E-state index >= 15 is 0 Å². The quantitative estimate of drug-likeness (QED) is 0.121. The molecule has 1 heterocycles. The highest BCUT2D eigenvalue weighted by Gasteiger charge is 2.13. The van der Waals surface area contributed by atoms with Crippen molar-refractivity contribution in [2.45, 2.75) is 6.92 Å². The monoisotopic (exact) mass is 633 g/mol. The summed E-state index contributed by atoms with van der Waals surface area (Å²) in [5.41, 5.74) is 11.0. The molecule has 0 bridgehead atoms. The number of benzene rings is 4. The van der Waals surface area contributed by atoms with E-state index in [0.717, 1.165) is 55.7 Å². The molecule has 0 N–H and O–H groups in total. The Labute approximate surface area is 290 Å². The van der Waals surface area contributed by atoms with Crippen LogP contribution in [0.3, 0.4) is 0 Å². The van der Waals surface area contributed by atoms with Gasteiger partial charge in [0.25, 0.3) is 0 Å². The van der Waals surface area contributed by atoms with Crippen molar-refractivity contribution in [3.63, 3.8) is 0 Å². The molecule has 0 saturated heterocycles. The van der Waals surface area contributed by atoms with Gasteiger partial charge in [-0.2, -0.15) is 0 Å². The molecule has 1 aromatic heterocycles. The average molecular weight is 634 g/mol. The summed E-state index contributed by atoms with van der Waals surface area (Å²) in [6.45, 7) is 21.9. The van der Waals surface area contributed by atoms with Crippen LogP contribution in [0.1, 0.15) is 18.3 Å². The Morgan fingerprint density at radius 2 is 1.08 bits per heavy atom. The SMILES string of the molecule is C=C/C=C\C(=C)/C(C=C)=C/C=C(\C)c1cccc(-c2cccc(-c3cccc(-c4nc(C(=C)/C=C\C=C)nc(-c5ccccc5)n4)c3)c2)c1. The zero-order valence-electron chi connectivity index (χ0n) is 27.9. The first kappa shape index (κ1) is 33.9. The first-order valence-electron chi connectivity index (χ1n) is 16.0. The number of rotatable bonds is 13. The summed E-state index contributed by atoms with van der Waals surface area (Å²) in [5.74, 6) is 1.69. The van der Waals surface area contributed by atoms with Gasteiger partial charge in [-0.3, -0.25) is 0 Å². The van der Waals surface area contributed by atoms with Crippen molar-refractivity contribution in [3.05, 3.63) is 213 Å². The van der Waals surface area contributed by atoms with Crippen molar-refractivity contribution in [2.75, 3.05) is 0 Å². The zero-order valence-corrected chi connectivity index (χ0v) is 27.9. The molecular formula is C46H39N3. The van der Waals surface area contributed by atoms with E-state index in [0.29, 0.717) is 23.0 Å². The molecule has 0 fully saturated rings. The van der Waals surface area contributed by atoms with Gasteiger partial charge in [-0.05, 0) is 69.7 Å². The van der Waals surface area contributed by atoms with Crippen molar-refractivity contribution in [1.82, 2.24) is 15.0 Å². The minimum absolute atomic E-state index is 0.518. The van der Waals surface area contributed by atoms with Crippen LogP contribution in [0.15, 0.2) is 202 Å². The molecule has 5 rings (SSSR count). The molecule has 0 amide bonds. The number of hydrogen-bond acceptors (Lipinski definition) is 3. The van der Waals surface area contributed by atoms with Crippen molar-refractivity contribution in [3.8, 4) is 45.0 Å². The maximum absolute atomic E-state index is 4.88. The molecule has 0 aliphatic heterocycles. The lowest BCUT2D eigenvalue weighted by atomic mass is 9.95. The molecule has 238 valence electrons. The lowest BCUT2D eigenvalue weighted by Crippen LogP contribution is -2.02. The van der Waals surface area contributed by atoms with E-state index in [4.69, 9.17) is 15.0 Å². The van der Waals surface area contributed by atoms with E-state index in [-0.39, 0.29) is 0 Å². The molecule has 0 aliphatic carbocycles. The molecule has 0 spiro atoms. The van der Waals surface area contributed by atoms with Crippen LogP contribution in [-0.2, 0) is 0 Å². The molecule has 3 nitrogen and oxygen atoms in total. The van der Waals surface area contributed by atoms with E-state index in [1.807, 2.05) is 78.9 Å². The van der Waals surface area contributed by atoms with Gasteiger partial charge in [0.15, 0.2) is 17.5 Å². The molecule has 0 unspecified atom stereocenters. The van der Waals surface area contributed by atoms with E-state index in [1.165, 1.54) is 0 Å². The number of allylic oxidation sites excluding steroid dienone is 13. The molecule has 3 heteroatoms. The number of hydrogen-bond donors (Lipinski definition) is 0. The van der Waals surface area contributed by atoms with Gasteiger partial charge in [-0.15, -0.1) is 0 Å². The van der Waals surface area contributed by atoms with Crippen LogP contribution in [0.5, 0.6) is 0 Å². The highest BCUT2D eigenvalue weighted by Crippen LogP contribution is 2.31. The van der Waals surface area contributed by atoms with Gasteiger partial charge in [0, 0.05) is 16.7 Å². The number of aromatic nitrogens is 3. The van der Waals surface area contributed by atoms with E-state index < -0.39 is 0 Å². The fourth-order valence-electron chi connectivity index (χ4n) is 5.18. The van der Waals surface area contributed by atoms with E-state index in [1.54, 1.807) is 12.2 Å². The molecule has 0 radical (unpaired) electrons. The van der Waals surface area contributed by atoms with Gasteiger partial charge in [-0.25, -0.2) is 15.0 Å². The Hall–Kier alpha value is -6.45. The fraction of sp³-hybridized carbons (Fsp3) is 0.0217. The van der Waals surface area contributed by atoms with Crippen LogP contribution < -0.4 is 0 Å². The second-order valence-electron chi connectivity index (χ2n) is 11.3. The van der Waals surface area contributed by atoms with Gasteiger partial charge in [-0.1, -0.05) is 173 Å². The summed E-state index contributed by atoms with van der Waals surface area (Å²) in [6, 6.07) is 35.4. The second kappa shape index (κ2) is 16.4. The van der Waals surface area contributed by atoms with Gasteiger partial charge >= 0.3 is 0 Å². The lowest BCUT2D eigenvalue weighted by Gasteiger charge is -2.11. The standard InChI is InChI=1S/C46H39N3/c1-7-10-18-33(4)36(9-3)29-28-34(5)38-22-15-23-39(30-38)40-24-16-25-41(31-40)42-26-17-27-43(32-42)46-48-44(35(6)19-11-8-2)47-45(49-46)37-20-13-12-14-21-37/h7-32H,1-4,6H2,5H3/b18-10-,19-11-,34-28+,36-29+. The van der Waals surface area contributed by atoms with Crippen LogP contribution >= 0.6 is 0 Å². The van der Waals surface area contributed by atoms with Gasteiger partial charge in [0.2, 0.25) is 0 Å². The molecule has 4 aromatic carbocycles. The van der Waals surface area contributed by atoms with Crippen LogP contribution in [0.2, 0.25) is 0 Å². The summed E-state index contributed by atoms with van der Waals surface area (Å²) < 4.78 is 0. The van der Waals surface area contributed by atoms with E-state index in [9.17, 15) is 0 Å². The Bertz CT molecular complexity index is 2160. The first-order chi connectivity index (χ1) is 23.9. The largest absolute Gasteiger partial charge is 0.208 e. The molecule has 0 saturated carbocycles.